The van der Waals surface area contributed by atoms with Crippen LogP contribution in [0.1, 0.15) is 23.6 Å². The Balaban J connectivity index is 1.89. The first kappa shape index (κ1) is 11.8. The summed E-state index contributed by atoms with van der Waals surface area (Å²) in [6.45, 7) is 4.56. The highest BCUT2D eigenvalue weighted by atomic mass is 15.3. The van der Waals surface area contributed by atoms with Crippen LogP contribution >= 0.6 is 0 Å². The molecule has 0 spiro atoms. The monoisotopic (exact) mass is 264 g/mol. The van der Waals surface area contributed by atoms with Gasteiger partial charge in [0.2, 0.25) is 0 Å². The molecule has 0 aliphatic carbocycles. The lowest BCUT2D eigenvalue weighted by molar-refractivity contribution is 0.405. The van der Waals surface area contributed by atoms with Crippen LogP contribution in [0.4, 0.5) is 11.4 Å². The predicted molar refractivity (Wildman–Crippen MR) is 84.5 cm³/mol. The maximum Gasteiger partial charge on any atom is 0.109 e. The highest BCUT2D eigenvalue weighted by Crippen LogP contribution is 2.49. The fourth-order valence-corrected chi connectivity index (χ4v) is 3.98. The standard InChI is InChI=1S/C18H20N2/c1-12-8-9-15-13(10-12)11-18(2)14-6-4-5-7-16(14)20(3)17(18)19-15/h4-10,17,19H,11H2,1-3H3. The third-order valence-electron chi connectivity index (χ3n) is 5.00. The minimum Gasteiger partial charge on any atom is -0.364 e. The van der Waals surface area contributed by atoms with Gasteiger partial charge in [-0.1, -0.05) is 42.8 Å². The Morgan fingerprint density at radius 2 is 2.00 bits per heavy atom. The molecular formula is C18H20N2. The van der Waals surface area contributed by atoms with Crippen molar-refractivity contribution in [3.05, 3.63) is 59.2 Å². The maximum atomic E-state index is 3.75. The third-order valence-corrected chi connectivity index (χ3v) is 5.00. The van der Waals surface area contributed by atoms with Gasteiger partial charge >= 0.3 is 0 Å². The molecule has 2 aliphatic rings. The molecule has 2 heterocycles. The molecule has 2 heteroatoms. The van der Waals surface area contributed by atoms with Crippen molar-refractivity contribution in [2.45, 2.75) is 31.8 Å². The number of nitrogens with zero attached hydrogens (tertiary/aromatic N) is 1. The fourth-order valence-electron chi connectivity index (χ4n) is 3.98. The zero-order valence-corrected chi connectivity index (χ0v) is 12.3. The van der Waals surface area contributed by atoms with E-state index in [2.05, 4.69) is 73.6 Å². The first-order valence-electron chi connectivity index (χ1n) is 7.28. The van der Waals surface area contributed by atoms with Crippen molar-refractivity contribution in [1.82, 2.24) is 0 Å². The smallest absolute Gasteiger partial charge is 0.109 e. The number of fused-ring (bicyclic) bond motifs is 4. The molecule has 4 rings (SSSR count). The second kappa shape index (κ2) is 3.78. The molecule has 2 unspecified atom stereocenters. The first-order chi connectivity index (χ1) is 9.59. The lowest BCUT2D eigenvalue weighted by Gasteiger charge is -2.41. The lowest BCUT2D eigenvalue weighted by atomic mass is 9.74. The van der Waals surface area contributed by atoms with Crippen molar-refractivity contribution >= 4 is 11.4 Å². The topological polar surface area (TPSA) is 15.3 Å². The number of hydrogen-bond donors (Lipinski definition) is 1. The Morgan fingerprint density at radius 3 is 2.85 bits per heavy atom. The summed E-state index contributed by atoms with van der Waals surface area (Å²) in [4.78, 5) is 2.39. The Kier molecular flexibility index (Phi) is 2.24. The van der Waals surface area contributed by atoms with Gasteiger partial charge in [-0.2, -0.15) is 0 Å². The van der Waals surface area contributed by atoms with Crippen molar-refractivity contribution < 1.29 is 0 Å². The van der Waals surface area contributed by atoms with Gasteiger partial charge in [-0.05, 0) is 36.6 Å². The Labute approximate surface area is 120 Å². The summed E-state index contributed by atoms with van der Waals surface area (Å²) in [6, 6.07) is 15.5. The summed E-state index contributed by atoms with van der Waals surface area (Å²) in [7, 11) is 2.20. The van der Waals surface area contributed by atoms with E-state index in [0.717, 1.165) is 6.42 Å². The van der Waals surface area contributed by atoms with E-state index in [1.165, 1.54) is 28.1 Å². The van der Waals surface area contributed by atoms with Crippen LogP contribution in [0.2, 0.25) is 0 Å². The normalized spacial score (nSPS) is 26.6. The SMILES string of the molecule is Cc1ccc2c(c1)CC1(C)c3ccccc3N(C)C1N2. The molecule has 0 radical (unpaired) electrons. The fraction of sp³-hybridized carbons (Fsp3) is 0.333. The number of nitrogens with one attached hydrogen (secondary N) is 1. The van der Waals surface area contributed by atoms with Gasteiger partial charge in [-0.25, -0.2) is 0 Å². The highest BCUT2D eigenvalue weighted by Gasteiger charge is 2.48. The number of anilines is 2. The van der Waals surface area contributed by atoms with E-state index in [9.17, 15) is 0 Å². The number of aryl methyl sites for hydroxylation is 1. The molecule has 0 amide bonds. The van der Waals surface area contributed by atoms with Crippen molar-refractivity contribution in [3.8, 4) is 0 Å². The van der Waals surface area contributed by atoms with Gasteiger partial charge in [-0.15, -0.1) is 0 Å². The van der Waals surface area contributed by atoms with Crippen LogP contribution in [-0.2, 0) is 11.8 Å². The van der Waals surface area contributed by atoms with Crippen LogP contribution < -0.4 is 10.2 Å². The molecule has 2 aromatic rings. The number of rotatable bonds is 0. The van der Waals surface area contributed by atoms with Crippen molar-refractivity contribution in [3.63, 3.8) is 0 Å². The van der Waals surface area contributed by atoms with Gasteiger partial charge in [0.1, 0.15) is 6.17 Å². The molecule has 0 fully saturated rings. The van der Waals surface area contributed by atoms with E-state index in [1.807, 2.05) is 0 Å². The van der Waals surface area contributed by atoms with Crippen LogP contribution in [-0.4, -0.2) is 13.2 Å². The third kappa shape index (κ3) is 1.39. The summed E-state index contributed by atoms with van der Waals surface area (Å²) in [5.41, 5.74) is 7.04. The van der Waals surface area contributed by atoms with Crippen LogP contribution in [0.5, 0.6) is 0 Å². The molecule has 1 N–H and O–H groups in total. The number of para-hydroxylation sites is 1. The largest absolute Gasteiger partial charge is 0.364 e. The average molecular weight is 264 g/mol. The summed E-state index contributed by atoms with van der Waals surface area (Å²) in [5, 5.41) is 3.75. The first-order valence-corrected chi connectivity index (χ1v) is 7.28. The van der Waals surface area contributed by atoms with E-state index in [1.54, 1.807) is 0 Å². The summed E-state index contributed by atoms with van der Waals surface area (Å²) < 4.78 is 0. The number of hydrogen-bond acceptors (Lipinski definition) is 2. The number of benzene rings is 2. The molecule has 0 aromatic heterocycles. The van der Waals surface area contributed by atoms with Gasteiger partial charge in [-0.3, -0.25) is 0 Å². The van der Waals surface area contributed by atoms with E-state index in [4.69, 9.17) is 0 Å². The Bertz CT molecular complexity index is 692. The summed E-state index contributed by atoms with van der Waals surface area (Å²) in [6.07, 6.45) is 1.44. The average Bonchev–Trinajstić information content (AvgIpc) is 2.66. The van der Waals surface area contributed by atoms with E-state index < -0.39 is 0 Å². The molecule has 20 heavy (non-hydrogen) atoms. The minimum atomic E-state index is 0.145. The van der Waals surface area contributed by atoms with Gasteiger partial charge in [0.05, 0.1) is 0 Å². The summed E-state index contributed by atoms with van der Waals surface area (Å²) in [5.74, 6) is 0. The van der Waals surface area contributed by atoms with E-state index >= 15 is 0 Å². The second-order valence-electron chi connectivity index (χ2n) is 6.43. The molecule has 0 saturated heterocycles. The Morgan fingerprint density at radius 1 is 1.20 bits per heavy atom. The quantitative estimate of drug-likeness (QED) is 0.780. The van der Waals surface area contributed by atoms with Crippen molar-refractivity contribution in [1.29, 1.82) is 0 Å². The zero-order chi connectivity index (χ0) is 13.9. The molecule has 2 atom stereocenters. The van der Waals surface area contributed by atoms with E-state index in [0.29, 0.717) is 6.17 Å². The van der Waals surface area contributed by atoms with Gasteiger partial charge in [0.15, 0.2) is 0 Å². The zero-order valence-electron chi connectivity index (χ0n) is 12.3. The van der Waals surface area contributed by atoms with Crippen LogP contribution in [0.25, 0.3) is 0 Å². The maximum absolute atomic E-state index is 3.75. The Hall–Kier alpha value is -1.96. The molecular weight excluding hydrogens is 244 g/mol. The van der Waals surface area contributed by atoms with Gasteiger partial charge in [0, 0.05) is 23.8 Å². The summed E-state index contributed by atoms with van der Waals surface area (Å²) >= 11 is 0. The predicted octanol–water partition coefficient (Wildman–Crippen LogP) is 3.70. The molecule has 2 aliphatic heterocycles. The van der Waals surface area contributed by atoms with Crippen LogP contribution in [0, 0.1) is 6.92 Å². The molecule has 2 nitrogen and oxygen atoms in total. The van der Waals surface area contributed by atoms with Crippen molar-refractivity contribution in [2.75, 3.05) is 17.3 Å². The van der Waals surface area contributed by atoms with Crippen molar-refractivity contribution in [2.24, 2.45) is 0 Å². The van der Waals surface area contributed by atoms with Gasteiger partial charge in [0.25, 0.3) is 0 Å². The minimum absolute atomic E-state index is 0.145. The lowest BCUT2D eigenvalue weighted by Crippen LogP contribution is -2.50. The second-order valence-corrected chi connectivity index (χ2v) is 6.43. The highest BCUT2D eigenvalue weighted by molar-refractivity contribution is 5.70. The molecule has 0 bridgehead atoms. The van der Waals surface area contributed by atoms with E-state index in [-0.39, 0.29) is 5.41 Å². The molecule has 2 aromatic carbocycles. The number of likely N-dealkylation sites (N-methyl/N-ethyl adjacent to an activating group) is 1. The van der Waals surface area contributed by atoms with Gasteiger partial charge < -0.3 is 10.2 Å². The van der Waals surface area contributed by atoms with Crippen LogP contribution in [0.3, 0.4) is 0 Å². The molecule has 0 saturated carbocycles. The van der Waals surface area contributed by atoms with Crippen LogP contribution in [0.15, 0.2) is 42.5 Å². The molecule has 102 valence electrons.